The summed E-state index contributed by atoms with van der Waals surface area (Å²) in [6.45, 7) is 0. The van der Waals surface area contributed by atoms with Gasteiger partial charge in [-0.25, -0.2) is 0 Å². The van der Waals surface area contributed by atoms with Gasteiger partial charge in [0.05, 0.1) is 0 Å². The van der Waals surface area contributed by atoms with Crippen molar-refractivity contribution in [2.45, 2.75) is 0 Å². The minimum atomic E-state index is 0. The molecule has 0 radical (unpaired) electrons. The van der Waals surface area contributed by atoms with E-state index in [1.807, 2.05) is 0 Å². The van der Waals surface area contributed by atoms with Crippen LogP contribution in [0.25, 0.3) is 0 Å². The molecule has 0 heterocycles. The third-order valence-corrected chi connectivity index (χ3v) is 0. The molecule has 0 aliphatic heterocycles. The Morgan fingerprint density at radius 3 is 1.25 bits per heavy atom. The van der Waals surface area contributed by atoms with Crippen LogP contribution in [0.2, 0.25) is 0 Å². The molecule has 0 bridgehead atoms. The van der Waals surface area contributed by atoms with E-state index >= 15 is 0 Å². The van der Waals surface area contributed by atoms with Crippen molar-refractivity contribution in [2.75, 3.05) is 0 Å². The number of hydrogen-bond acceptors (Lipinski definition) is 2. The Balaban J connectivity index is -0.00000000500. The standard InChI is InChI=1S/Hg.OS.Zn/c;1-2;. The predicted molar refractivity (Wildman–Crippen MR) is 8.14 cm³/mol. The predicted octanol–water partition coefficient (Wildman–Crippen LogP) is -0.341. The van der Waals surface area contributed by atoms with E-state index in [-0.39, 0.29) is 47.1 Å². The summed E-state index contributed by atoms with van der Waals surface area (Å²) in [7, 11) is 0. The van der Waals surface area contributed by atoms with Crippen molar-refractivity contribution >= 4 is 12.5 Å². The molecule has 4 heavy (non-hydrogen) atoms. The summed E-state index contributed by atoms with van der Waals surface area (Å²) < 4.78 is 7.83. The Kier molecular flexibility index (Phi) is 103. The van der Waals surface area contributed by atoms with E-state index in [0.717, 1.165) is 0 Å². The fraction of sp³-hybridized carbons (Fsp3) is 0. The van der Waals surface area contributed by atoms with Gasteiger partial charge in [0.1, 0.15) is 0 Å². The van der Waals surface area contributed by atoms with E-state index in [2.05, 4.69) is 12.5 Å². The van der Waals surface area contributed by atoms with Crippen molar-refractivity contribution in [1.29, 1.82) is 0 Å². The second kappa shape index (κ2) is 23.5. The van der Waals surface area contributed by atoms with Crippen molar-refractivity contribution in [3.05, 3.63) is 0 Å². The first-order chi connectivity index (χ1) is 1.00. The summed E-state index contributed by atoms with van der Waals surface area (Å²) >= 11 is 2.83. The molecule has 0 saturated heterocycles. The second-order valence-electron chi connectivity index (χ2n) is 0. The maximum absolute atomic E-state index is 7.83. The Morgan fingerprint density at radius 2 is 1.25 bits per heavy atom. The zero-order valence-corrected chi connectivity index (χ0v) is 11.5. The van der Waals surface area contributed by atoms with Crippen LogP contribution < -0.4 is 0 Å². The maximum atomic E-state index is 7.83. The SMILES string of the molecule is O=S.[Hg].[Zn]. The molecule has 1 nitrogen and oxygen atoms in total. The van der Waals surface area contributed by atoms with Gasteiger partial charge in [-0.1, -0.05) is 0 Å². The molecule has 0 aromatic heterocycles. The van der Waals surface area contributed by atoms with Gasteiger partial charge in [-0.15, -0.1) is 0 Å². The van der Waals surface area contributed by atoms with Gasteiger partial charge in [0, 0.05) is 47.1 Å². The summed E-state index contributed by atoms with van der Waals surface area (Å²) in [6, 6.07) is 0. The quantitative estimate of drug-likeness (QED) is 0.569. The topological polar surface area (TPSA) is 17.1 Å². The molecular formula is HgOSZn. The summed E-state index contributed by atoms with van der Waals surface area (Å²) in [4.78, 5) is 0. The van der Waals surface area contributed by atoms with E-state index in [1.54, 1.807) is 0 Å². The Bertz CT molecular complexity index is 8.00. The molecule has 0 fully saturated rings. The van der Waals surface area contributed by atoms with Crippen LogP contribution in [-0.4, -0.2) is 4.21 Å². The summed E-state index contributed by atoms with van der Waals surface area (Å²) in [5.41, 5.74) is 0. The molecule has 0 unspecified atom stereocenters. The largest absolute Gasteiger partial charge is 0.197 e. The first kappa shape index (κ1) is 17.6. The maximum Gasteiger partial charge on any atom is 0.197 e. The number of rotatable bonds is 0. The molecule has 0 amide bonds. The summed E-state index contributed by atoms with van der Waals surface area (Å²) in [6.07, 6.45) is 0. The van der Waals surface area contributed by atoms with Crippen molar-refractivity contribution in [1.82, 2.24) is 0 Å². The molecule has 0 aromatic rings. The molecule has 0 saturated carbocycles. The molecule has 4 heteroatoms. The summed E-state index contributed by atoms with van der Waals surface area (Å²) in [5.74, 6) is 0. The monoisotopic (exact) mass is 314 g/mol. The van der Waals surface area contributed by atoms with Crippen LogP contribution in [0.1, 0.15) is 0 Å². The Labute approximate surface area is 63.3 Å². The molecule has 16 valence electrons. The third kappa shape index (κ3) is 9.55. The molecule has 0 rings (SSSR count). The molecular weight excluding hydrogens is 314 g/mol. The summed E-state index contributed by atoms with van der Waals surface area (Å²) in [5, 5.41) is 0. The van der Waals surface area contributed by atoms with Crippen molar-refractivity contribution in [3.63, 3.8) is 0 Å². The van der Waals surface area contributed by atoms with Crippen LogP contribution in [0.15, 0.2) is 0 Å². The molecule has 0 aliphatic carbocycles. The van der Waals surface area contributed by atoms with Gasteiger partial charge in [0.15, 0.2) is 12.5 Å². The molecule has 0 aliphatic rings. The van der Waals surface area contributed by atoms with Gasteiger partial charge in [-0.05, 0) is 0 Å². The fourth-order valence-electron chi connectivity index (χ4n) is 0. The number of hydrogen-bond donors (Lipinski definition) is 0. The van der Waals surface area contributed by atoms with Gasteiger partial charge < -0.3 is 0 Å². The van der Waals surface area contributed by atoms with E-state index in [1.165, 1.54) is 0 Å². The fourth-order valence-corrected chi connectivity index (χ4v) is 0. The molecule has 0 aromatic carbocycles. The molecule has 0 N–H and O–H groups in total. The van der Waals surface area contributed by atoms with Gasteiger partial charge in [-0.3, -0.25) is 0 Å². The first-order valence-corrected chi connectivity index (χ1v) is 0.500. The van der Waals surface area contributed by atoms with Crippen molar-refractivity contribution in [2.24, 2.45) is 0 Å². The average Bonchev–Trinajstić information content (AvgIpc) is 1.00. The zero-order chi connectivity index (χ0) is 2.00. The van der Waals surface area contributed by atoms with E-state index in [4.69, 9.17) is 4.21 Å². The van der Waals surface area contributed by atoms with Crippen LogP contribution in [0.3, 0.4) is 0 Å². The van der Waals surface area contributed by atoms with Crippen LogP contribution >= 0.6 is 0 Å². The average molecular weight is 314 g/mol. The van der Waals surface area contributed by atoms with Crippen LogP contribution in [-0.2, 0) is 59.7 Å². The second-order valence-corrected chi connectivity index (χ2v) is 0. The van der Waals surface area contributed by atoms with Crippen LogP contribution in [0, 0.1) is 0 Å². The normalized spacial score (nSPS) is 1.00. The van der Waals surface area contributed by atoms with E-state index in [9.17, 15) is 0 Å². The molecule has 0 spiro atoms. The van der Waals surface area contributed by atoms with Crippen LogP contribution in [0.5, 0.6) is 0 Å². The van der Waals surface area contributed by atoms with Crippen molar-refractivity contribution in [3.8, 4) is 0 Å². The minimum Gasteiger partial charge on any atom is -0.197 e. The first-order valence-electron chi connectivity index (χ1n) is 0.167. The van der Waals surface area contributed by atoms with Gasteiger partial charge >= 0.3 is 0 Å². The van der Waals surface area contributed by atoms with Gasteiger partial charge in [0.25, 0.3) is 0 Å². The third-order valence-electron chi connectivity index (χ3n) is 0. The van der Waals surface area contributed by atoms with E-state index < -0.39 is 0 Å². The van der Waals surface area contributed by atoms with Crippen LogP contribution in [0.4, 0.5) is 0 Å². The van der Waals surface area contributed by atoms with Gasteiger partial charge in [-0.2, -0.15) is 4.21 Å². The zero-order valence-electron chi connectivity index (χ0n) is 2.23. The smallest absolute Gasteiger partial charge is 0.197 e. The minimum absolute atomic E-state index is 0. The van der Waals surface area contributed by atoms with E-state index in [0.29, 0.717) is 0 Å². The molecule has 0 atom stereocenters. The Morgan fingerprint density at radius 1 is 1.25 bits per heavy atom. The van der Waals surface area contributed by atoms with Crippen molar-refractivity contribution < 1.29 is 51.4 Å². The Hall–Kier alpha value is 1.58. The van der Waals surface area contributed by atoms with Gasteiger partial charge in [0.2, 0.25) is 0 Å².